The maximum Gasteiger partial charge on any atom is 0.226 e. The van der Waals surface area contributed by atoms with E-state index in [9.17, 15) is 8.78 Å². The first-order chi connectivity index (χ1) is 8.69. The highest BCUT2D eigenvalue weighted by molar-refractivity contribution is 5.30. The Bertz CT molecular complexity index is 549. The van der Waals surface area contributed by atoms with Gasteiger partial charge in [-0.15, -0.1) is 0 Å². The van der Waals surface area contributed by atoms with Gasteiger partial charge >= 0.3 is 0 Å². The molecule has 0 spiro atoms. The summed E-state index contributed by atoms with van der Waals surface area (Å²) >= 11 is 0. The van der Waals surface area contributed by atoms with E-state index < -0.39 is 11.6 Å². The van der Waals surface area contributed by atoms with E-state index >= 15 is 0 Å². The van der Waals surface area contributed by atoms with Crippen molar-refractivity contribution in [3.63, 3.8) is 0 Å². The number of aromatic nitrogens is 2. The Morgan fingerprint density at radius 2 is 2.06 bits per heavy atom. The Morgan fingerprint density at radius 3 is 2.78 bits per heavy atom. The molecule has 1 N–H and O–H groups in total. The van der Waals surface area contributed by atoms with Gasteiger partial charge in [-0.2, -0.15) is 4.98 Å². The number of rotatable bonds is 4. The van der Waals surface area contributed by atoms with Gasteiger partial charge in [0.05, 0.1) is 7.11 Å². The second-order valence-corrected chi connectivity index (χ2v) is 3.52. The largest absolute Gasteiger partial charge is 0.481 e. The van der Waals surface area contributed by atoms with Crippen molar-refractivity contribution in [2.24, 2.45) is 0 Å². The molecule has 0 aliphatic heterocycles. The predicted octanol–water partition coefficient (Wildman–Crippen LogP) is 2.38. The van der Waals surface area contributed by atoms with E-state index in [1.807, 2.05) is 0 Å². The van der Waals surface area contributed by atoms with Gasteiger partial charge in [0.2, 0.25) is 11.8 Å². The van der Waals surface area contributed by atoms with Crippen LogP contribution in [0, 0.1) is 11.6 Å². The van der Waals surface area contributed by atoms with Crippen LogP contribution in [-0.4, -0.2) is 17.1 Å². The molecule has 0 radical (unpaired) electrons. The van der Waals surface area contributed by atoms with E-state index in [1.165, 1.54) is 13.2 Å². The number of benzene rings is 1. The highest BCUT2D eigenvalue weighted by Crippen LogP contribution is 2.11. The molecule has 2 rings (SSSR count). The van der Waals surface area contributed by atoms with Crippen LogP contribution in [0.3, 0.4) is 0 Å². The fourth-order valence-electron chi connectivity index (χ4n) is 1.37. The third kappa shape index (κ3) is 2.91. The lowest BCUT2D eigenvalue weighted by atomic mass is 10.2. The minimum absolute atomic E-state index is 0.296. The van der Waals surface area contributed by atoms with Crippen LogP contribution >= 0.6 is 0 Å². The van der Waals surface area contributed by atoms with Crippen molar-refractivity contribution in [1.29, 1.82) is 0 Å². The van der Waals surface area contributed by atoms with Gasteiger partial charge < -0.3 is 10.1 Å². The van der Waals surface area contributed by atoms with E-state index in [-0.39, 0.29) is 0 Å². The average molecular weight is 251 g/mol. The van der Waals surface area contributed by atoms with Crippen LogP contribution in [0.4, 0.5) is 14.7 Å². The normalized spacial score (nSPS) is 10.2. The van der Waals surface area contributed by atoms with Crippen LogP contribution in [0.25, 0.3) is 0 Å². The Kier molecular flexibility index (Phi) is 3.66. The Balaban J connectivity index is 2.04. The third-order valence-corrected chi connectivity index (χ3v) is 2.27. The van der Waals surface area contributed by atoms with Crippen molar-refractivity contribution in [3.05, 3.63) is 47.7 Å². The van der Waals surface area contributed by atoms with E-state index in [0.717, 1.165) is 12.1 Å². The van der Waals surface area contributed by atoms with Crippen LogP contribution in [0.5, 0.6) is 5.88 Å². The molecule has 0 fully saturated rings. The molecule has 0 bridgehead atoms. The van der Waals surface area contributed by atoms with Crippen molar-refractivity contribution in [3.8, 4) is 5.88 Å². The fraction of sp³-hybridized carbons (Fsp3) is 0.167. The monoisotopic (exact) mass is 251 g/mol. The van der Waals surface area contributed by atoms with Crippen LogP contribution in [0.1, 0.15) is 5.56 Å². The molecule has 2 aromatic rings. The van der Waals surface area contributed by atoms with E-state index in [2.05, 4.69) is 15.3 Å². The van der Waals surface area contributed by atoms with Crippen LogP contribution in [-0.2, 0) is 6.54 Å². The molecule has 6 heteroatoms. The van der Waals surface area contributed by atoms with Gasteiger partial charge in [0.1, 0.15) is 0 Å². The highest BCUT2D eigenvalue weighted by atomic mass is 19.2. The second kappa shape index (κ2) is 5.39. The molecule has 0 aliphatic rings. The lowest BCUT2D eigenvalue weighted by Gasteiger charge is -2.06. The number of hydrogen-bond acceptors (Lipinski definition) is 4. The molecular formula is C12H11F2N3O. The minimum Gasteiger partial charge on any atom is -0.481 e. The van der Waals surface area contributed by atoms with Gasteiger partial charge in [0, 0.05) is 18.8 Å². The molecule has 1 aromatic heterocycles. The number of anilines is 1. The lowest BCUT2D eigenvalue weighted by Crippen LogP contribution is -2.04. The molecule has 0 amide bonds. The number of ether oxygens (including phenoxy) is 1. The van der Waals surface area contributed by atoms with Crippen LogP contribution in [0.15, 0.2) is 30.5 Å². The van der Waals surface area contributed by atoms with Gasteiger partial charge in [0.25, 0.3) is 0 Å². The predicted molar refractivity (Wildman–Crippen MR) is 62.3 cm³/mol. The molecule has 18 heavy (non-hydrogen) atoms. The summed E-state index contributed by atoms with van der Waals surface area (Å²) in [6.07, 6.45) is 1.54. The molecule has 0 unspecified atom stereocenters. The van der Waals surface area contributed by atoms with Crippen molar-refractivity contribution >= 4 is 5.95 Å². The first-order valence-corrected chi connectivity index (χ1v) is 5.24. The maximum atomic E-state index is 13.0. The van der Waals surface area contributed by atoms with Gasteiger partial charge in [-0.05, 0) is 17.7 Å². The minimum atomic E-state index is -0.874. The summed E-state index contributed by atoms with van der Waals surface area (Å²) in [5.74, 6) is -0.950. The fourth-order valence-corrected chi connectivity index (χ4v) is 1.37. The number of nitrogens with zero attached hydrogens (tertiary/aromatic N) is 2. The third-order valence-electron chi connectivity index (χ3n) is 2.27. The first kappa shape index (κ1) is 12.2. The summed E-state index contributed by atoms with van der Waals surface area (Å²) < 4.78 is 30.6. The van der Waals surface area contributed by atoms with E-state index in [0.29, 0.717) is 23.9 Å². The first-order valence-electron chi connectivity index (χ1n) is 5.24. The molecule has 0 saturated heterocycles. The molecule has 1 aromatic carbocycles. The molecule has 0 aliphatic carbocycles. The van der Waals surface area contributed by atoms with Gasteiger partial charge in [-0.25, -0.2) is 13.8 Å². The number of halogens is 2. The van der Waals surface area contributed by atoms with Crippen molar-refractivity contribution < 1.29 is 13.5 Å². The molecule has 0 atom stereocenters. The van der Waals surface area contributed by atoms with Crippen molar-refractivity contribution in [2.75, 3.05) is 12.4 Å². The van der Waals surface area contributed by atoms with Gasteiger partial charge in [0.15, 0.2) is 11.6 Å². The molecule has 4 nitrogen and oxygen atoms in total. The summed E-state index contributed by atoms with van der Waals surface area (Å²) in [6.45, 7) is 0.296. The summed E-state index contributed by atoms with van der Waals surface area (Å²) in [5, 5.41) is 2.89. The zero-order valence-corrected chi connectivity index (χ0v) is 9.65. The average Bonchev–Trinajstić information content (AvgIpc) is 2.40. The SMILES string of the molecule is COc1ccnc(NCc2ccc(F)c(F)c2)n1. The Hall–Kier alpha value is -2.24. The zero-order chi connectivity index (χ0) is 13.0. The Morgan fingerprint density at radius 1 is 1.22 bits per heavy atom. The highest BCUT2D eigenvalue weighted by Gasteiger charge is 2.03. The molecule has 1 heterocycles. The molecule has 0 saturated carbocycles. The van der Waals surface area contributed by atoms with Crippen molar-refractivity contribution in [1.82, 2.24) is 9.97 Å². The maximum absolute atomic E-state index is 13.0. The van der Waals surface area contributed by atoms with Crippen molar-refractivity contribution in [2.45, 2.75) is 6.54 Å². The van der Waals surface area contributed by atoms with Gasteiger partial charge in [-0.3, -0.25) is 0 Å². The quantitative estimate of drug-likeness (QED) is 0.906. The standard InChI is InChI=1S/C12H11F2N3O/c1-18-11-4-5-15-12(17-11)16-7-8-2-3-9(13)10(14)6-8/h2-6H,7H2,1H3,(H,15,16,17). The summed E-state index contributed by atoms with van der Waals surface area (Å²) in [6, 6.07) is 5.32. The molecular weight excluding hydrogens is 240 g/mol. The van der Waals surface area contributed by atoms with Crippen LogP contribution < -0.4 is 10.1 Å². The smallest absolute Gasteiger partial charge is 0.226 e. The number of methoxy groups -OCH3 is 1. The summed E-state index contributed by atoms with van der Waals surface area (Å²) in [5.41, 5.74) is 0.598. The topological polar surface area (TPSA) is 47.0 Å². The number of hydrogen-bond donors (Lipinski definition) is 1. The van der Waals surface area contributed by atoms with E-state index in [1.54, 1.807) is 12.3 Å². The number of nitrogens with one attached hydrogen (secondary N) is 1. The lowest BCUT2D eigenvalue weighted by molar-refractivity contribution is 0.397. The summed E-state index contributed by atoms with van der Waals surface area (Å²) in [4.78, 5) is 8.01. The summed E-state index contributed by atoms with van der Waals surface area (Å²) in [7, 11) is 1.50. The van der Waals surface area contributed by atoms with Crippen LogP contribution in [0.2, 0.25) is 0 Å². The zero-order valence-electron chi connectivity index (χ0n) is 9.65. The van der Waals surface area contributed by atoms with Gasteiger partial charge in [-0.1, -0.05) is 6.07 Å². The second-order valence-electron chi connectivity index (χ2n) is 3.52. The Labute approximate surface area is 103 Å². The van der Waals surface area contributed by atoms with E-state index in [4.69, 9.17) is 4.74 Å². The molecule has 94 valence electrons.